The molecule has 0 atom stereocenters. The number of nitrogens with zero attached hydrogens (tertiary/aromatic N) is 3. The average molecular weight is 348 g/mol. The molecule has 25 heavy (non-hydrogen) atoms. The van der Waals surface area contributed by atoms with Crippen LogP contribution in [0.25, 0.3) is 11.4 Å². The predicted octanol–water partition coefficient (Wildman–Crippen LogP) is 3.12. The highest BCUT2D eigenvalue weighted by atomic mass is 19.4. The molecule has 3 rings (SSSR count). The van der Waals surface area contributed by atoms with E-state index in [2.05, 4.69) is 25.5 Å². The Balaban J connectivity index is 1.63. The van der Waals surface area contributed by atoms with E-state index in [1.807, 2.05) is 0 Å². The molecular weight excluding hydrogens is 333 g/mol. The number of benzene rings is 1. The Morgan fingerprint density at radius 2 is 2.00 bits per heavy atom. The summed E-state index contributed by atoms with van der Waals surface area (Å²) in [7, 11) is 0. The second-order valence-electron chi connectivity index (χ2n) is 5.35. The minimum absolute atomic E-state index is 0.144. The van der Waals surface area contributed by atoms with Gasteiger partial charge in [-0.1, -0.05) is 18.2 Å². The summed E-state index contributed by atoms with van der Waals surface area (Å²) >= 11 is 0. The zero-order chi connectivity index (χ0) is 17.9. The van der Waals surface area contributed by atoms with Crippen molar-refractivity contribution in [1.82, 2.24) is 20.2 Å². The molecule has 0 fully saturated rings. The molecular formula is C16H15F3N6. The standard InChI is InChI=1S/C16H15F3N6/c17-16(18,19)12-3-1-2-10(8-12)4-6-21-13-9-11(5-7-22-13)14-23-15(20)25-24-14/h1-3,5,7-9H,4,6H2,(H,21,22)(H3,20,23,24,25). The number of rotatable bonds is 5. The normalized spacial score (nSPS) is 11.5. The van der Waals surface area contributed by atoms with Gasteiger partial charge in [-0.3, -0.25) is 5.10 Å². The van der Waals surface area contributed by atoms with Crippen molar-refractivity contribution in [2.75, 3.05) is 17.6 Å². The van der Waals surface area contributed by atoms with Gasteiger partial charge in [0.1, 0.15) is 5.82 Å². The Kier molecular flexibility index (Phi) is 4.55. The first-order chi connectivity index (χ1) is 11.9. The average Bonchev–Trinajstić information content (AvgIpc) is 3.01. The smallest absolute Gasteiger partial charge is 0.370 e. The maximum absolute atomic E-state index is 12.7. The number of nitrogen functional groups attached to an aromatic ring is 1. The Hall–Kier alpha value is -3.10. The van der Waals surface area contributed by atoms with E-state index in [-0.39, 0.29) is 5.95 Å². The minimum atomic E-state index is -4.34. The monoisotopic (exact) mass is 348 g/mol. The maximum atomic E-state index is 12.7. The molecule has 0 aliphatic rings. The zero-order valence-corrected chi connectivity index (χ0v) is 13.0. The summed E-state index contributed by atoms with van der Waals surface area (Å²) in [4.78, 5) is 8.21. The summed E-state index contributed by atoms with van der Waals surface area (Å²) in [6.45, 7) is 0.441. The van der Waals surface area contributed by atoms with E-state index < -0.39 is 11.7 Å². The van der Waals surface area contributed by atoms with Crippen LogP contribution in [0, 0.1) is 0 Å². The molecule has 0 amide bonds. The minimum Gasteiger partial charge on any atom is -0.370 e. The number of alkyl halides is 3. The van der Waals surface area contributed by atoms with Gasteiger partial charge in [0.25, 0.3) is 0 Å². The van der Waals surface area contributed by atoms with Crippen molar-refractivity contribution in [3.63, 3.8) is 0 Å². The number of H-pyrrole nitrogens is 1. The van der Waals surface area contributed by atoms with Crippen LogP contribution in [0.4, 0.5) is 24.9 Å². The van der Waals surface area contributed by atoms with Gasteiger partial charge in [0.15, 0.2) is 5.82 Å². The van der Waals surface area contributed by atoms with E-state index >= 15 is 0 Å². The van der Waals surface area contributed by atoms with Crippen LogP contribution in [-0.2, 0) is 12.6 Å². The molecule has 1 aromatic carbocycles. The van der Waals surface area contributed by atoms with Gasteiger partial charge in [-0.05, 0) is 30.2 Å². The number of pyridine rings is 1. The Bertz CT molecular complexity index is 859. The van der Waals surface area contributed by atoms with Crippen LogP contribution in [0.2, 0.25) is 0 Å². The summed E-state index contributed by atoms with van der Waals surface area (Å²) < 4.78 is 38.1. The third-order valence-electron chi connectivity index (χ3n) is 3.51. The lowest BCUT2D eigenvalue weighted by atomic mass is 10.1. The molecule has 0 aliphatic carbocycles. The number of anilines is 2. The number of halogens is 3. The van der Waals surface area contributed by atoms with Gasteiger partial charge in [0, 0.05) is 18.3 Å². The SMILES string of the molecule is Nc1n[nH]c(-c2ccnc(NCCc3cccc(C(F)(F)F)c3)c2)n1. The van der Waals surface area contributed by atoms with Crippen LogP contribution in [0.5, 0.6) is 0 Å². The quantitative estimate of drug-likeness (QED) is 0.659. The van der Waals surface area contributed by atoms with Crippen LogP contribution < -0.4 is 11.1 Å². The summed E-state index contributed by atoms with van der Waals surface area (Å²) in [5, 5.41) is 9.55. The molecule has 0 radical (unpaired) electrons. The zero-order valence-electron chi connectivity index (χ0n) is 13.0. The lowest BCUT2D eigenvalue weighted by Gasteiger charge is -2.10. The van der Waals surface area contributed by atoms with Gasteiger partial charge in [-0.2, -0.15) is 18.2 Å². The van der Waals surface area contributed by atoms with Crippen LogP contribution in [-0.4, -0.2) is 26.7 Å². The molecule has 6 nitrogen and oxygen atoms in total. The van der Waals surface area contributed by atoms with Crippen molar-refractivity contribution in [2.45, 2.75) is 12.6 Å². The lowest BCUT2D eigenvalue weighted by Crippen LogP contribution is -2.08. The van der Waals surface area contributed by atoms with Gasteiger partial charge >= 0.3 is 6.18 Å². The van der Waals surface area contributed by atoms with Crippen molar-refractivity contribution < 1.29 is 13.2 Å². The van der Waals surface area contributed by atoms with Crippen molar-refractivity contribution in [1.29, 1.82) is 0 Å². The van der Waals surface area contributed by atoms with Crippen molar-refractivity contribution >= 4 is 11.8 Å². The number of aromatic amines is 1. The van der Waals surface area contributed by atoms with E-state index in [0.29, 0.717) is 30.2 Å². The van der Waals surface area contributed by atoms with E-state index in [1.54, 1.807) is 24.4 Å². The molecule has 0 aliphatic heterocycles. The summed E-state index contributed by atoms with van der Waals surface area (Å²) in [6, 6.07) is 8.79. The highest BCUT2D eigenvalue weighted by molar-refractivity contribution is 5.60. The second-order valence-corrected chi connectivity index (χ2v) is 5.35. The first kappa shape index (κ1) is 16.7. The van der Waals surface area contributed by atoms with E-state index in [1.165, 1.54) is 6.07 Å². The van der Waals surface area contributed by atoms with Gasteiger partial charge in [-0.15, -0.1) is 5.10 Å². The highest BCUT2D eigenvalue weighted by Crippen LogP contribution is 2.29. The highest BCUT2D eigenvalue weighted by Gasteiger charge is 2.30. The van der Waals surface area contributed by atoms with Crippen molar-refractivity contribution in [3.05, 3.63) is 53.7 Å². The van der Waals surface area contributed by atoms with Gasteiger partial charge in [0.2, 0.25) is 5.95 Å². The van der Waals surface area contributed by atoms with Crippen LogP contribution in [0.1, 0.15) is 11.1 Å². The van der Waals surface area contributed by atoms with Crippen LogP contribution in [0.3, 0.4) is 0 Å². The fraction of sp³-hybridized carbons (Fsp3) is 0.188. The third kappa shape index (κ3) is 4.25. The second kappa shape index (κ2) is 6.80. The molecule has 4 N–H and O–H groups in total. The van der Waals surface area contributed by atoms with Gasteiger partial charge in [0.05, 0.1) is 5.56 Å². The number of nitrogens with one attached hydrogen (secondary N) is 2. The third-order valence-corrected chi connectivity index (χ3v) is 3.51. The molecule has 0 bridgehead atoms. The topological polar surface area (TPSA) is 92.5 Å². The molecule has 9 heteroatoms. The molecule has 0 saturated heterocycles. The molecule has 130 valence electrons. The maximum Gasteiger partial charge on any atom is 0.416 e. The number of nitrogens with two attached hydrogens (primary N) is 1. The van der Waals surface area contributed by atoms with E-state index in [9.17, 15) is 13.2 Å². The first-order valence-electron chi connectivity index (χ1n) is 7.46. The van der Waals surface area contributed by atoms with E-state index in [4.69, 9.17) is 5.73 Å². The number of hydrogen-bond acceptors (Lipinski definition) is 5. The first-order valence-corrected chi connectivity index (χ1v) is 7.46. The van der Waals surface area contributed by atoms with Crippen molar-refractivity contribution in [3.8, 4) is 11.4 Å². The summed E-state index contributed by atoms with van der Waals surface area (Å²) in [5.41, 5.74) is 6.18. The molecule has 0 spiro atoms. The molecule has 0 unspecified atom stereocenters. The summed E-state index contributed by atoms with van der Waals surface area (Å²) in [5.74, 6) is 1.24. The lowest BCUT2D eigenvalue weighted by molar-refractivity contribution is -0.137. The fourth-order valence-corrected chi connectivity index (χ4v) is 2.32. The number of hydrogen-bond donors (Lipinski definition) is 3. The fourth-order valence-electron chi connectivity index (χ4n) is 2.32. The van der Waals surface area contributed by atoms with E-state index in [0.717, 1.165) is 17.7 Å². The predicted molar refractivity (Wildman–Crippen MR) is 87.7 cm³/mol. The van der Waals surface area contributed by atoms with Gasteiger partial charge in [-0.25, -0.2) is 4.98 Å². The Morgan fingerprint density at radius 3 is 2.72 bits per heavy atom. The molecule has 2 heterocycles. The van der Waals surface area contributed by atoms with Crippen LogP contribution in [0.15, 0.2) is 42.6 Å². The molecule has 0 saturated carbocycles. The largest absolute Gasteiger partial charge is 0.416 e. The van der Waals surface area contributed by atoms with Gasteiger partial charge < -0.3 is 11.1 Å². The van der Waals surface area contributed by atoms with Crippen molar-refractivity contribution in [2.24, 2.45) is 0 Å². The number of aromatic nitrogens is 4. The molecule has 3 aromatic rings. The molecule has 2 aromatic heterocycles. The Morgan fingerprint density at radius 1 is 1.16 bits per heavy atom. The van der Waals surface area contributed by atoms with Crippen LogP contribution >= 0.6 is 0 Å². The Labute approximate surface area is 141 Å². The summed E-state index contributed by atoms with van der Waals surface area (Å²) in [6.07, 6.45) is -2.30.